The first-order valence-corrected chi connectivity index (χ1v) is 8.86. The second kappa shape index (κ2) is 8.14. The number of rotatable bonds is 5. The molecule has 0 bridgehead atoms. The van der Waals surface area contributed by atoms with Crippen LogP contribution < -0.4 is 5.32 Å². The molecule has 2 fully saturated rings. The van der Waals surface area contributed by atoms with Gasteiger partial charge in [-0.25, -0.2) is 14.1 Å². The standard InChI is InChI=1S/C18H22FN5O.ClH/c19-16-9-13(1-4-17(16)24-12-20-11-22-24)10-21-15-5-7-23(8-6-15)18(25)14-2-3-14;/h1,4,9,11-12,14-15,21H,2-3,5-8,10H2;1H. The Bertz CT molecular complexity index is 742. The molecule has 1 amide bonds. The Morgan fingerprint density at radius 1 is 1.23 bits per heavy atom. The molecule has 0 atom stereocenters. The van der Waals surface area contributed by atoms with Crippen molar-refractivity contribution in [1.29, 1.82) is 0 Å². The van der Waals surface area contributed by atoms with Gasteiger partial charge in [0.2, 0.25) is 5.91 Å². The first-order chi connectivity index (χ1) is 12.2. The Morgan fingerprint density at radius 2 is 2.00 bits per heavy atom. The summed E-state index contributed by atoms with van der Waals surface area (Å²) in [6, 6.07) is 5.54. The fraction of sp³-hybridized carbons (Fsp3) is 0.500. The number of piperidine rings is 1. The van der Waals surface area contributed by atoms with E-state index in [1.54, 1.807) is 6.07 Å². The van der Waals surface area contributed by atoms with Gasteiger partial charge < -0.3 is 10.2 Å². The van der Waals surface area contributed by atoms with E-state index in [4.69, 9.17) is 0 Å². The lowest BCUT2D eigenvalue weighted by atomic mass is 10.0. The lowest BCUT2D eigenvalue weighted by Gasteiger charge is -2.32. The van der Waals surface area contributed by atoms with Crippen LogP contribution in [0.2, 0.25) is 0 Å². The first-order valence-electron chi connectivity index (χ1n) is 8.86. The molecule has 1 saturated heterocycles. The van der Waals surface area contributed by atoms with Gasteiger partial charge in [-0.3, -0.25) is 4.79 Å². The maximum Gasteiger partial charge on any atom is 0.225 e. The van der Waals surface area contributed by atoms with Crippen molar-refractivity contribution in [2.24, 2.45) is 5.92 Å². The molecule has 2 aliphatic rings. The van der Waals surface area contributed by atoms with E-state index < -0.39 is 0 Å². The predicted molar refractivity (Wildman–Crippen MR) is 97.7 cm³/mol. The number of halogens is 2. The van der Waals surface area contributed by atoms with Crippen molar-refractivity contribution in [2.45, 2.75) is 38.3 Å². The quantitative estimate of drug-likeness (QED) is 0.866. The van der Waals surface area contributed by atoms with Crippen molar-refractivity contribution in [3.05, 3.63) is 42.2 Å². The number of aromatic nitrogens is 3. The number of hydrogen-bond donors (Lipinski definition) is 1. The second-order valence-corrected chi connectivity index (χ2v) is 6.88. The number of nitrogens with one attached hydrogen (secondary N) is 1. The highest BCUT2D eigenvalue weighted by Gasteiger charge is 2.34. The zero-order valence-corrected chi connectivity index (χ0v) is 15.3. The third kappa shape index (κ3) is 4.22. The topological polar surface area (TPSA) is 63.1 Å². The number of carbonyl (C=O) groups is 1. The van der Waals surface area contributed by atoms with E-state index in [9.17, 15) is 9.18 Å². The normalized spacial score (nSPS) is 17.8. The number of likely N-dealkylation sites (tertiary alicyclic amines) is 1. The largest absolute Gasteiger partial charge is 0.342 e. The van der Waals surface area contributed by atoms with Gasteiger partial charge in [0.05, 0.1) is 0 Å². The molecule has 1 saturated carbocycles. The van der Waals surface area contributed by atoms with Crippen molar-refractivity contribution in [2.75, 3.05) is 13.1 Å². The lowest BCUT2D eigenvalue weighted by molar-refractivity contribution is -0.133. The van der Waals surface area contributed by atoms with E-state index in [1.165, 1.54) is 23.4 Å². The van der Waals surface area contributed by atoms with Gasteiger partial charge >= 0.3 is 0 Å². The maximum atomic E-state index is 14.2. The van der Waals surface area contributed by atoms with Gasteiger partial charge in [-0.05, 0) is 43.4 Å². The van der Waals surface area contributed by atoms with Gasteiger partial charge in [-0.1, -0.05) is 6.07 Å². The van der Waals surface area contributed by atoms with E-state index in [-0.39, 0.29) is 18.2 Å². The highest BCUT2D eigenvalue weighted by atomic mass is 35.5. The van der Waals surface area contributed by atoms with Crippen LogP contribution in [0.3, 0.4) is 0 Å². The molecule has 140 valence electrons. The fourth-order valence-electron chi connectivity index (χ4n) is 3.33. The monoisotopic (exact) mass is 379 g/mol. The van der Waals surface area contributed by atoms with Crippen LogP contribution >= 0.6 is 12.4 Å². The highest BCUT2D eigenvalue weighted by molar-refractivity contribution is 5.85. The molecule has 1 aliphatic heterocycles. The maximum absolute atomic E-state index is 14.2. The van der Waals surface area contributed by atoms with E-state index in [0.717, 1.165) is 44.3 Å². The summed E-state index contributed by atoms with van der Waals surface area (Å²) < 4.78 is 15.7. The lowest BCUT2D eigenvalue weighted by Crippen LogP contribution is -2.45. The van der Waals surface area contributed by atoms with E-state index in [1.807, 2.05) is 11.0 Å². The number of nitrogens with zero attached hydrogens (tertiary/aromatic N) is 4. The fourth-order valence-corrected chi connectivity index (χ4v) is 3.33. The molecule has 1 aliphatic carbocycles. The van der Waals surface area contributed by atoms with E-state index in [2.05, 4.69) is 15.4 Å². The van der Waals surface area contributed by atoms with E-state index in [0.29, 0.717) is 30.1 Å². The summed E-state index contributed by atoms with van der Waals surface area (Å²) in [5, 5.41) is 7.44. The minimum absolute atomic E-state index is 0. The van der Waals surface area contributed by atoms with Gasteiger partial charge in [0.15, 0.2) is 0 Å². The summed E-state index contributed by atoms with van der Waals surface area (Å²) in [4.78, 5) is 17.9. The van der Waals surface area contributed by atoms with Gasteiger partial charge in [0.1, 0.15) is 24.2 Å². The molecule has 4 rings (SSSR count). The molecule has 0 unspecified atom stereocenters. The predicted octanol–water partition coefficient (Wildman–Crippen LogP) is 2.32. The third-order valence-electron chi connectivity index (χ3n) is 5.01. The van der Waals surface area contributed by atoms with Gasteiger partial charge in [-0.15, -0.1) is 12.4 Å². The van der Waals surface area contributed by atoms with Gasteiger partial charge in [0.25, 0.3) is 0 Å². The van der Waals surface area contributed by atoms with Crippen LogP contribution in [0.4, 0.5) is 4.39 Å². The molecule has 8 heteroatoms. The van der Waals surface area contributed by atoms with Crippen LogP contribution in [0, 0.1) is 11.7 Å². The average molecular weight is 380 g/mol. The number of amides is 1. The third-order valence-corrected chi connectivity index (χ3v) is 5.01. The summed E-state index contributed by atoms with van der Waals surface area (Å²) in [5.74, 6) is 0.329. The Hall–Kier alpha value is -1.99. The highest BCUT2D eigenvalue weighted by Crippen LogP contribution is 2.31. The van der Waals surface area contributed by atoms with E-state index >= 15 is 0 Å². The summed E-state index contributed by atoms with van der Waals surface area (Å²) in [5.41, 5.74) is 1.30. The summed E-state index contributed by atoms with van der Waals surface area (Å²) >= 11 is 0. The second-order valence-electron chi connectivity index (χ2n) is 6.88. The zero-order valence-electron chi connectivity index (χ0n) is 14.5. The van der Waals surface area contributed by atoms with Crippen molar-refractivity contribution in [3.63, 3.8) is 0 Å². The average Bonchev–Trinajstić information content (AvgIpc) is 3.35. The summed E-state index contributed by atoms with van der Waals surface area (Å²) in [6.45, 7) is 2.27. The van der Waals surface area contributed by atoms with Crippen molar-refractivity contribution < 1.29 is 9.18 Å². The summed E-state index contributed by atoms with van der Waals surface area (Å²) in [6.07, 6.45) is 6.90. The minimum Gasteiger partial charge on any atom is -0.342 e. The molecule has 2 heterocycles. The Morgan fingerprint density at radius 3 is 2.62 bits per heavy atom. The number of hydrogen-bond acceptors (Lipinski definition) is 4. The van der Waals surface area contributed by atoms with Crippen LogP contribution in [-0.2, 0) is 11.3 Å². The first kappa shape index (κ1) is 18.8. The van der Waals surface area contributed by atoms with Crippen LogP contribution in [0.5, 0.6) is 0 Å². The molecule has 0 radical (unpaired) electrons. The Balaban J connectivity index is 0.00000196. The Kier molecular flexibility index (Phi) is 5.88. The van der Waals surface area contributed by atoms with Crippen LogP contribution in [0.15, 0.2) is 30.9 Å². The van der Waals surface area contributed by atoms with Crippen molar-refractivity contribution in [3.8, 4) is 5.69 Å². The van der Waals surface area contributed by atoms with Crippen molar-refractivity contribution in [1.82, 2.24) is 25.0 Å². The molecular formula is C18H23ClFN5O. The SMILES string of the molecule is Cl.O=C(C1CC1)N1CCC(NCc2ccc(-n3cncn3)c(F)c2)CC1. The molecule has 1 N–H and O–H groups in total. The minimum atomic E-state index is -0.311. The van der Waals surface area contributed by atoms with Crippen LogP contribution in [-0.4, -0.2) is 44.7 Å². The molecule has 1 aromatic heterocycles. The van der Waals surface area contributed by atoms with Gasteiger partial charge in [-0.2, -0.15) is 5.10 Å². The van der Waals surface area contributed by atoms with Gasteiger partial charge in [0, 0.05) is 31.6 Å². The Labute approximate surface area is 158 Å². The molecule has 0 spiro atoms. The van der Waals surface area contributed by atoms with Crippen molar-refractivity contribution >= 4 is 18.3 Å². The molecule has 1 aromatic carbocycles. The molecule has 2 aromatic rings. The van der Waals surface area contributed by atoms with Crippen LogP contribution in [0.1, 0.15) is 31.2 Å². The molecule has 6 nitrogen and oxygen atoms in total. The smallest absolute Gasteiger partial charge is 0.225 e. The number of carbonyl (C=O) groups excluding carboxylic acids is 1. The van der Waals surface area contributed by atoms with Crippen LogP contribution in [0.25, 0.3) is 5.69 Å². The molecular weight excluding hydrogens is 357 g/mol. The zero-order chi connectivity index (χ0) is 17.2. The molecule has 26 heavy (non-hydrogen) atoms. The summed E-state index contributed by atoms with van der Waals surface area (Å²) in [7, 11) is 0. The number of benzene rings is 1.